The van der Waals surface area contributed by atoms with Crippen molar-refractivity contribution in [2.45, 2.75) is 12.5 Å². The molecule has 1 aliphatic rings. The van der Waals surface area contributed by atoms with E-state index in [1.807, 2.05) is 12.1 Å². The number of nitrogens with zero attached hydrogens (tertiary/aromatic N) is 1. The SMILES string of the molecule is CN(C)[C@@H]1CCOc2ccc(Br)cc21. The zero-order chi connectivity index (χ0) is 10.1. The third kappa shape index (κ3) is 1.79. The molecule has 1 aromatic carbocycles. The van der Waals surface area contributed by atoms with E-state index in [0.717, 1.165) is 23.2 Å². The molecule has 0 radical (unpaired) electrons. The van der Waals surface area contributed by atoms with Gasteiger partial charge >= 0.3 is 0 Å². The number of rotatable bonds is 1. The summed E-state index contributed by atoms with van der Waals surface area (Å²) < 4.78 is 6.73. The van der Waals surface area contributed by atoms with Crippen LogP contribution in [-0.4, -0.2) is 25.6 Å². The van der Waals surface area contributed by atoms with Gasteiger partial charge in [0.1, 0.15) is 5.75 Å². The zero-order valence-corrected chi connectivity index (χ0v) is 10.0. The lowest BCUT2D eigenvalue weighted by Crippen LogP contribution is -2.26. The largest absolute Gasteiger partial charge is 0.493 e. The Hall–Kier alpha value is -0.540. The van der Waals surface area contributed by atoms with Gasteiger partial charge in [-0.1, -0.05) is 15.9 Å². The highest BCUT2D eigenvalue weighted by molar-refractivity contribution is 9.10. The lowest BCUT2D eigenvalue weighted by atomic mass is 10.00. The van der Waals surface area contributed by atoms with Gasteiger partial charge in [0.15, 0.2) is 0 Å². The molecule has 0 saturated carbocycles. The van der Waals surface area contributed by atoms with Crippen LogP contribution in [-0.2, 0) is 0 Å². The second-order valence-corrected chi connectivity index (χ2v) is 4.71. The van der Waals surface area contributed by atoms with Gasteiger partial charge in [-0.05, 0) is 32.3 Å². The van der Waals surface area contributed by atoms with Crippen LogP contribution in [0.5, 0.6) is 5.75 Å². The highest BCUT2D eigenvalue weighted by Crippen LogP contribution is 2.36. The summed E-state index contributed by atoms with van der Waals surface area (Å²) in [6, 6.07) is 6.70. The van der Waals surface area contributed by atoms with Crippen molar-refractivity contribution in [3.8, 4) is 5.75 Å². The molecule has 0 spiro atoms. The standard InChI is InChI=1S/C11H14BrNO/c1-13(2)10-5-6-14-11-4-3-8(12)7-9(10)11/h3-4,7,10H,5-6H2,1-2H3/t10-/m1/s1. The molecule has 1 aromatic rings. The quantitative estimate of drug-likeness (QED) is 0.766. The molecule has 0 aliphatic carbocycles. The maximum atomic E-state index is 5.61. The first-order chi connectivity index (χ1) is 6.68. The fourth-order valence-corrected chi connectivity index (χ4v) is 2.26. The van der Waals surface area contributed by atoms with Crippen molar-refractivity contribution in [1.82, 2.24) is 4.90 Å². The van der Waals surface area contributed by atoms with E-state index in [9.17, 15) is 0 Å². The number of halogens is 1. The van der Waals surface area contributed by atoms with Crippen LogP contribution in [0.1, 0.15) is 18.0 Å². The fraction of sp³-hybridized carbons (Fsp3) is 0.455. The molecule has 0 unspecified atom stereocenters. The predicted octanol–water partition coefficient (Wildman–Crippen LogP) is 2.83. The molecule has 0 aromatic heterocycles. The normalized spacial score (nSPS) is 20.4. The van der Waals surface area contributed by atoms with E-state index in [0.29, 0.717) is 6.04 Å². The molecule has 1 heterocycles. The molecule has 0 amide bonds. The van der Waals surface area contributed by atoms with Gasteiger partial charge in [-0.2, -0.15) is 0 Å². The Morgan fingerprint density at radius 2 is 2.21 bits per heavy atom. The maximum absolute atomic E-state index is 5.61. The third-order valence-corrected chi connectivity index (χ3v) is 3.10. The lowest BCUT2D eigenvalue weighted by molar-refractivity contribution is 0.189. The molecule has 14 heavy (non-hydrogen) atoms. The molecule has 76 valence electrons. The summed E-state index contributed by atoms with van der Waals surface area (Å²) >= 11 is 3.49. The van der Waals surface area contributed by atoms with Crippen LogP contribution >= 0.6 is 15.9 Å². The van der Waals surface area contributed by atoms with E-state index in [2.05, 4.69) is 41.0 Å². The number of ether oxygens (including phenoxy) is 1. The molecular weight excluding hydrogens is 242 g/mol. The van der Waals surface area contributed by atoms with Crippen LogP contribution in [0.4, 0.5) is 0 Å². The number of fused-ring (bicyclic) bond motifs is 1. The van der Waals surface area contributed by atoms with E-state index in [1.54, 1.807) is 0 Å². The Morgan fingerprint density at radius 1 is 1.43 bits per heavy atom. The summed E-state index contributed by atoms with van der Waals surface area (Å²) in [5.74, 6) is 1.03. The van der Waals surface area contributed by atoms with Crippen molar-refractivity contribution < 1.29 is 4.74 Å². The van der Waals surface area contributed by atoms with Crippen LogP contribution in [0, 0.1) is 0 Å². The predicted molar refractivity (Wildman–Crippen MR) is 60.7 cm³/mol. The van der Waals surface area contributed by atoms with Crippen LogP contribution < -0.4 is 4.74 Å². The topological polar surface area (TPSA) is 12.5 Å². The molecule has 2 nitrogen and oxygen atoms in total. The Bertz CT molecular complexity index is 338. The van der Waals surface area contributed by atoms with Crippen molar-refractivity contribution in [2.24, 2.45) is 0 Å². The van der Waals surface area contributed by atoms with Gasteiger partial charge in [0.25, 0.3) is 0 Å². The fourth-order valence-electron chi connectivity index (χ4n) is 1.88. The maximum Gasteiger partial charge on any atom is 0.124 e. The van der Waals surface area contributed by atoms with Crippen molar-refractivity contribution >= 4 is 15.9 Å². The molecule has 0 saturated heterocycles. The molecule has 0 fully saturated rings. The Balaban J connectivity index is 2.41. The molecular formula is C11H14BrNO. The smallest absolute Gasteiger partial charge is 0.124 e. The van der Waals surface area contributed by atoms with Crippen LogP contribution in [0.3, 0.4) is 0 Å². The van der Waals surface area contributed by atoms with Gasteiger partial charge < -0.3 is 9.64 Å². The summed E-state index contributed by atoms with van der Waals surface area (Å²) in [5.41, 5.74) is 1.29. The summed E-state index contributed by atoms with van der Waals surface area (Å²) in [4.78, 5) is 2.24. The van der Waals surface area contributed by atoms with Gasteiger partial charge in [-0.15, -0.1) is 0 Å². The summed E-state index contributed by atoms with van der Waals surface area (Å²) in [7, 11) is 4.22. The molecule has 0 bridgehead atoms. The first-order valence-corrected chi connectivity index (χ1v) is 5.56. The Morgan fingerprint density at radius 3 is 2.93 bits per heavy atom. The minimum absolute atomic E-state index is 0.483. The molecule has 0 N–H and O–H groups in total. The highest BCUT2D eigenvalue weighted by Gasteiger charge is 2.22. The highest BCUT2D eigenvalue weighted by atomic mass is 79.9. The first kappa shape index (κ1) is 9.99. The van der Waals surface area contributed by atoms with Crippen LogP contribution in [0.25, 0.3) is 0 Å². The Kier molecular flexibility index (Phi) is 2.79. The molecule has 1 aliphatic heterocycles. The monoisotopic (exact) mass is 255 g/mol. The Labute approximate surface area is 93.0 Å². The molecule has 2 rings (SSSR count). The van der Waals surface area contributed by atoms with E-state index >= 15 is 0 Å². The second kappa shape index (κ2) is 3.91. The van der Waals surface area contributed by atoms with Crippen molar-refractivity contribution in [3.05, 3.63) is 28.2 Å². The van der Waals surface area contributed by atoms with Gasteiger partial charge in [-0.3, -0.25) is 0 Å². The average molecular weight is 256 g/mol. The zero-order valence-electron chi connectivity index (χ0n) is 8.46. The first-order valence-electron chi connectivity index (χ1n) is 4.77. The van der Waals surface area contributed by atoms with Crippen LogP contribution in [0.15, 0.2) is 22.7 Å². The molecule has 1 atom stereocenters. The summed E-state index contributed by atoms with van der Waals surface area (Å²) in [6.07, 6.45) is 1.07. The van der Waals surface area contributed by atoms with Gasteiger partial charge in [0, 0.05) is 22.5 Å². The number of hydrogen-bond acceptors (Lipinski definition) is 2. The van der Waals surface area contributed by atoms with Crippen molar-refractivity contribution in [2.75, 3.05) is 20.7 Å². The lowest BCUT2D eigenvalue weighted by Gasteiger charge is -2.30. The van der Waals surface area contributed by atoms with E-state index in [-0.39, 0.29) is 0 Å². The average Bonchev–Trinajstić information content (AvgIpc) is 2.16. The van der Waals surface area contributed by atoms with E-state index < -0.39 is 0 Å². The minimum Gasteiger partial charge on any atom is -0.493 e. The van der Waals surface area contributed by atoms with Crippen molar-refractivity contribution in [3.63, 3.8) is 0 Å². The van der Waals surface area contributed by atoms with Gasteiger partial charge in [-0.25, -0.2) is 0 Å². The minimum atomic E-state index is 0.483. The van der Waals surface area contributed by atoms with Crippen LogP contribution in [0.2, 0.25) is 0 Å². The third-order valence-electron chi connectivity index (χ3n) is 2.60. The summed E-state index contributed by atoms with van der Waals surface area (Å²) in [6.45, 7) is 0.817. The van der Waals surface area contributed by atoms with Gasteiger partial charge in [0.05, 0.1) is 6.61 Å². The number of hydrogen-bond donors (Lipinski definition) is 0. The second-order valence-electron chi connectivity index (χ2n) is 3.80. The van der Waals surface area contributed by atoms with E-state index in [4.69, 9.17) is 4.74 Å². The van der Waals surface area contributed by atoms with Gasteiger partial charge in [0.2, 0.25) is 0 Å². The van der Waals surface area contributed by atoms with Crippen molar-refractivity contribution in [1.29, 1.82) is 0 Å². The molecule has 3 heteroatoms. The number of benzene rings is 1. The van der Waals surface area contributed by atoms with E-state index in [1.165, 1.54) is 5.56 Å². The summed E-state index contributed by atoms with van der Waals surface area (Å²) in [5, 5.41) is 0.